The van der Waals surface area contributed by atoms with E-state index in [-0.39, 0.29) is 38.0 Å². The number of ether oxygens (including phenoxy) is 4. The van der Waals surface area contributed by atoms with Gasteiger partial charge in [0.1, 0.15) is 24.6 Å². The van der Waals surface area contributed by atoms with Crippen LogP contribution in [-0.2, 0) is 47.5 Å². The maximum atomic E-state index is 13.9. The van der Waals surface area contributed by atoms with Gasteiger partial charge in [-0.05, 0) is 42.2 Å². The third kappa shape index (κ3) is 10.6. The van der Waals surface area contributed by atoms with Gasteiger partial charge in [0, 0.05) is 42.2 Å². The minimum atomic E-state index is -1.94. The van der Waals surface area contributed by atoms with E-state index < -0.39 is 35.9 Å². The van der Waals surface area contributed by atoms with Crippen LogP contribution >= 0.6 is 0 Å². The van der Waals surface area contributed by atoms with E-state index in [0.29, 0.717) is 54.4 Å². The molecule has 1 aromatic heterocycles. The summed E-state index contributed by atoms with van der Waals surface area (Å²) >= 11 is 0. The van der Waals surface area contributed by atoms with Crippen LogP contribution in [0.1, 0.15) is 41.5 Å². The highest BCUT2D eigenvalue weighted by Gasteiger charge is 2.44. The van der Waals surface area contributed by atoms with Crippen molar-refractivity contribution in [3.8, 4) is 5.95 Å². The van der Waals surface area contributed by atoms with Crippen molar-refractivity contribution in [1.82, 2.24) is 15.5 Å². The van der Waals surface area contributed by atoms with E-state index in [9.17, 15) is 24.0 Å². The number of carbonyl (C=O) groups is 5. The van der Waals surface area contributed by atoms with Crippen LogP contribution in [0.4, 0.5) is 9.59 Å². The molecule has 1 unspecified atom stereocenters. The van der Waals surface area contributed by atoms with Gasteiger partial charge in [-0.25, -0.2) is 9.59 Å². The van der Waals surface area contributed by atoms with Gasteiger partial charge in [0.25, 0.3) is 11.9 Å². The average molecular weight is 776 g/mol. The molecule has 1 aliphatic rings. The molecule has 15 heteroatoms. The predicted molar refractivity (Wildman–Crippen MR) is 206 cm³/mol. The van der Waals surface area contributed by atoms with Crippen LogP contribution < -0.4 is 21.1 Å². The number of likely N-dealkylation sites (tertiary alicyclic amines) is 1. The van der Waals surface area contributed by atoms with Crippen molar-refractivity contribution in [1.29, 1.82) is 0 Å². The molecule has 15 nitrogen and oxygen atoms in total. The molecule has 57 heavy (non-hydrogen) atoms. The first kappa shape index (κ1) is 39.7. The maximum Gasteiger partial charge on any atom is 0.435 e. The lowest BCUT2D eigenvalue weighted by Crippen LogP contribution is -2.58. The second kappa shape index (κ2) is 19.0. The number of piperidine rings is 1. The summed E-state index contributed by atoms with van der Waals surface area (Å²) in [5, 5.41) is 5.78. The number of fused-ring (bicyclic) bond motifs is 1. The van der Waals surface area contributed by atoms with Crippen LogP contribution in [0, 0.1) is 0 Å². The lowest BCUT2D eigenvalue weighted by Gasteiger charge is -2.39. The van der Waals surface area contributed by atoms with Gasteiger partial charge in [0.2, 0.25) is 12.1 Å². The van der Waals surface area contributed by atoms with Crippen LogP contribution in [0.5, 0.6) is 5.95 Å². The monoisotopic (exact) mass is 775 g/mol. The Hall–Kier alpha value is -7.00. The topological polar surface area (TPSA) is 201 Å². The highest BCUT2D eigenvalue weighted by molar-refractivity contribution is 6.04. The number of amidine groups is 1. The van der Waals surface area contributed by atoms with E-state index in [1.54, 1.807) is 53.4 Å². The number of aliphatic imine (C=N–C) groups is 1. The van der Waals surface area contributed by atoms with Crippen LogP contribution in [0.25, 0.3) is 11.0 Å². The normalized spacial score (nSPS) is 14.2. The standard InChI is InChI=1S/C42H41N5O10/c43-38(46-40(51)53-26-29-10-4-1-5-11-29)31-16-17-35-32(24-31)25-37(55-35)56-36(49)18-21-44-39(50)42(45-28-48,33-14-8-3-9-15-33)57-34-19-22-47(23-20-34)41(52)54-27-30-12-6-2-7-13-30/h1-17,24-25,28,34H,18-23,26-27H2,(H,44,50)(H,45,48)(H2,43,46,51). The Labute approximate surface area is 327 Å². The highest BCUT2D eigenvalue weighted by atomic mass is 16.6. The molecule has 0 spiro atoms. The number of hydrogen-bond acceptors (Lipinski definition) is 10. The molecular formula is C42H41N5O10. The SMILES string of the molecule is NC(=NC(=O)OCc1ccccc1)c1ccc2oc(OC(=O)CCNC(=O)C(NC=O)(OC3CCN(C(=O)OCc4ccccc4)CC3)c3ccccc3)cc2c1. The quantitative estimate of drug-likeness (QED) is 0.0410. The zero-order valence-electron chi connectivity index (χ0n) is 30.8. The molecule has 0 saturated carbocycles. The Balaban J connectivity index is 1.02. The molecular weight excluding hydrogens is 734 g/mol. The summed E-state index contributed by atoms with van der Waals surface area (Å²) in [6, 6.07) is 33.2. The first-order chi connectivity index (χ1) is 27.7. The molecule has 5 aromatic rings. The lowest BCUT2D eigenvalue weighted by atomic mass is 9.99. The molecule has 6 rings (SSSR count). The van der Waals surface area contributed by atoms with E-state index >= 15 is 0 Å². The molecule has 1 atom stereocenters. The molecule has 2 heterocycles. The summed E-state index contributed by atoms with van der Waals surface area (Å²) < 4.78 is 28.1. The smallest absolute Gasteiger partial charge is 0.435 e. The number of nitrogens with two attached hydrogens (primary N) is 1. The number of rotatable bonds is 15. The number of hydrogen-bond donors (Lipinski definition) is 3. The Morgan fingerprint density at radius 1 is 0.842 bits per heavy atom. The third-order valence-electron chi connectivity index (χ3n) is 9.05. The zero-order valence-corrected chi connectivity index (χ0v) is 30.8. The second-order valence-electron chi connectivity index (χ2n) is 13.0. The van der Waals surface area contributed by atoms with Gasteiger partial charge >= 0.3 is 18.2 Å². The number of amides is 4. The maximum absolute atomic E-state index is 13.9. The first-order valence-corrected chi connectivity index (χ1v) is 18.2. The molecule has 0 bridgehead atoms. The van der Waals surface area contributed by atoms with E-state index in [0.717, 1.165) is 11.1 Å². The van der Waals surface area contributed by atoms with Gasteiger partial charge in [-0.2, -0.15) is 4.99 Å². The minimum absolute atomic E-state index is 0.0450. The van der Waals surface area contributed by atoms with Crippen molar-refractivity contribution in [2.24, 2.45) is 10.7 Å². The van der Waals surface area contributed by atoms with Gasteiger partial charge in [-0.15, -0.1) is 0 Å². The van der Waals surface area contributed by atoms with Gasteiger partial charge in [0.15, 0.2) is 0 Å². The minimum Gasteiger partial charge on any atom is -0.445 e. The summed E-state index contributed by atoms with van der Waals surface area (Å²) in [5.74, 6) is -1.60. The van der Waals surface area contributed by atoms with Gasteiger partial charge in [-0.3, -0.25) is 14.4 Å². The second-order valence-corrected chi connectivity index (χ2v) is 13.0. The molecule has 1 saturated heterocycles. The predicted octanol–water partition coefficient (Wildman–Crippen LogP) is 5.30. The van der Waals surface area contributed by atoms with Crippen LogP contribution in [0.2, 0.25) is 0 Å². The van der Waals surface area contributed by atoms with Crippen molar-refractivity contribution < 1.29 is 47.3 Å². The number of carbonyl (C=O) groups excluding carboxylic acids is 5. The molecule has 4 amide bonds. The Morgan fingerprint density at radius 3 is 2.12 bits per heavy atom. The number of furan rings is 1. The summed E-state index contributed by atoms with van der Waals surface area (Å²) in [7, 11) is 0. The molecule has 0 aliphatic carbocycles. The van der Waals surface area contributed by atoms with Crippen LogP contribution in [-0.4, -0.2) is 66.9 Å². The van der Waals surface area contributed by atoms with Crippen molar-refractivity contribution in [2.75, 3.05) is 19.6 Å². The van der Waals surface area contributed by atoms with Crippen molar-refractivity contribution >= 4 is 47.3 Å². The number of nitrogens with one attached hydrogen (secondary N) is 2. The molecule has 1 fully saturated rings. The molecule has 294 valence electrons. The molecule has 4 aromatic carbocycles. The number of nitrogens with zero attached hydrogens (tertiary/aromatic N) is 2. The van der Waals surface area contributed by atoms with Crippen LogP contribution in [0.3, 0.4) is 0 Å². The molecule has 4 N–H and O–H groups in total. The van der Waals surface area contributed by atoms with E-state index in [4.69, 9.17) is 29.1 Å². The van der Waals surface area contributed by atoms with Gasteiger partial charge in [-0.1, -0.05) is 91.0 Å². The van der Waals surface area contributed by atoms with E-state index in [1.807, 2.05) is 60.7 Å². The average Bonchev–Trinajstić information content (AvgIpc) is 3.64. The summed E-state index contributed by atoms with van der Waals surface area (Å²) in [6.07, 6.45) is -0.962. The van der Waals surface area contributed by atoms with E-state index in [1.165, 1.54) is 6.07 Å². The van der Waals surface area contributed by atoms with Crippen molar-refractivity contribution in [3.63, 3.8) is 0 Å². The van der Waals surface area contributed by atoms with Gasteiger partial charge in [0.05, 0.1) is 12.5 Å². The number of benzene rings is 4. The van der Waals surface area contributed by atoms with Crippen LogP contribution in [0.15, 0.2) is 125 Å². The fourth-order valence-electron chi connectivity index (χ4n) is 6.12. The fourth-order valence-corrected chi connectivity index (χ4v) is 6.12. The van der Waals surface area contributed by atoms with Crippen molar-refractivity contribution in [2.45, 2.75) is 44.3 Å². The summed E-state index contributed by atoms with van der Waals surface area (Å²) in [4.78, 5) is 69.0. The molecule has 1 aliphatic heterocycles. The summed E-state index contributed by atoms with van der Waals surface area (Å²) in [5.41, 5.74) is 6.95. The Kier molecular flexibility index (Phi) is 13.3. The summed E-state index contributed by atoms with van der Waals surface area (Å²) in [6.45, 7) is 0.645. The third-order valence-corrected chi connectivity index (χ3v) is 9.05. The Morgan fingerprint density at radius 2 is 1.47 bits per heavy atom. The molecule has 0 radical (unpaired) electrons. The zero-order chi connectivity index (χ0) is 40.0. The van der Waals surface area contributed by atoms with Crippen molar-refractivity contribution in [3.05, 3.63) is 138 Å². The fraction of sp³-hybridized carbons (Fsp3) is 0.238. The lowest BCUT2D eigenvalue weighted by molar-refractivity contribution is -0.171. The Bertz CT molecular complexity index is 2190. The number of esters is 1. The van der Waals surface area contributed by atoms with E-state index in [2.05, 4.69) is 15.6 Å². The van der Waals surface area contributed by atoms with Gasteiger partial charge < -0.3 is 44.6 Å². The largest absolute Gasteiger partial charge is 0.445 e. The highest BCUT2D eigenvalue weighted by Crippen LogP contribution is 2.29. The first-order valence-electron chi connectivity index (χ1n) is 18.2.